The van der Waals surface area contributed by atoms with Crippen LogP contribution in [0.4, 0.5) is 0 Å². The molecule has 1 heterocycles. The molecule has 1 aliphatic heterocycles. The van der Waals surface area contributed by atoms with Gasteiger partial charge in [0, 0.05) is 20.3 Å². The van der Waals surface area contributed by atoms with Gasteiger partial charge in [-0.05, 0) is 43.7 Å². The van der Waals surface area contributed by atoms with Gasteiger partial charge in [0.05, 0.1) is 29.8 Å². The van der Waals surface area contributed by atoms with Gasteiger partial charge in [-0.25, -0.2) is 0 Å². The average molecular weight is 526 g/mol. The number of methoxy groups -OCH3 is 1. The van der Waals surface area contributed by atoms with Crippen molar-refractivity contribution in [1.29, 1.82) is 0 Å². The van der Waals surface area contributed by atoms with Crippen LogP contribution < -0.4 is 10.6 Å². The lowest BCUT2D eigenvalue weighted by molar-refractivity contribution is -0.142. The Morgan fingerprint density at radius 3 is 2.53 bits per heavy atom. The predicted molar refractivity (Wildman–Crippen MR) is 138 cm³/mol. The molecule has 10 heteroatoms. The van der Waals surface area contributed by atoms with Crippen LogP contribution in [0.25, 0.3) is 0 Å². The lowest BCUT2D eigenvalue weighted by Gasteiger charge is -2.36. The summed E-state index contributed by atoms with van der Waals surface area (Å²) in [5, 5.41) is 15.9. The second-order valence-electron chi connectivity index (χ2n) is 10.1. The molecule has 3 N–H and O–H groups in total. The summed E-state index contributed by atoms with van der Waals surface area (Å²) in [5.41, 5.74) is 0.426. The van der Waals surface area contributed by atoms with Crippen LogP contribution in [-0.4, -0.2) is 85.4 Å². The number of hydrogen-bond acceptors (Lipinski definition) is 6. The Hall–Kier alpha value is -2.20. The molecule has 1 saturated heterocycles. The third-order valence-corrected chi connectivity index (χ3v) is 6.93. The van der Waals surface area contributed by atoms with Crippen LogP contribution in [0.1, 0.15) is 56.5 Å². The van der Waals surface area contributed by atoms with Crippen molar-refractivity contribution >= 4 is 29.3 Å². The second kappa shape index (κ2) is 13.4. The Bertz CT molecular complexity index is 919. The van der Waals surface area contributed by atoms with E-state index in [0.29, 0.717) is 36.6 Å². The van der Waals surface area contributed by atoms with E-state index in [1.807, 2.05) is 27.7 Å². The molecule has 1 unspecified atom stereocenters. The summed E-state index contributed by atoms with van der Waals surface area (Å²) in [6.45, 7) is 9.97. The molecule has 1 aromatic rings. The van der Waals surface area contributed by atoms with E-state index in [1.54, 1.807) is 25.1 Å². The predicted octanol–water partition coefficient (Wildman–Crippen LogP) is 2.31. The lowest BCUT2D eigenvalue weighted by Crippen LogP contribution is -2.59. The van der Waals surface area contributed by atoms with Gasteiger partial charge in [0.15, 0.2) is 0 Å². The van der Waals surface area contributed by atoms with Crippen molar-refractivity contribution in [2.75, 3.05) is 33.5 Å². The van der Waals surface area contributed by atoms with Gasteiger partial charge in [-0.3, -0.25) is 14.4 Å². The highest BCUT2D eigenvalue weighted by atomic mass is 35.5. The van der Waals surface area contributed by atoms with Crippen LogP contribution in [0.3, 0.4) is 0 Å². The topological polar surface area (TPSA) is 117 Å². The van der Waals surface area contributed by atoms with Crippen molar-refractivity contribution in [2.45, 2.75) is 71.7 Å². The molecule has 0 spiro atoms. The van der Waals surface area contributed by atoms with Gasteiger partial charge >= 0.3 is 0 Å². The Morgan fingerprint density at radius 1 is 1.25 bits per heavy atom. The first-order valence-corrected chi connectivity index (χ1v) is 12.7. The number of amides is 3. The number of ether oxygens (including phenoxy) is 2. The number of aliphatic hydroxyl groups is 1. The first kappa shape index (κ1) is 30.0. The van der Waals surface area contributed by atoms with E-state index in [4.69, 9.17) is 21.1 Å². The Kier molecular flexibility index (Phi) is 11.2. The summed E-state index contributed by atoms with van der Waals surface area (Å²) in [6.07, 6.45) is 0.590. The van der Waals surface area contributed by atoms with Crippen molar-refractivity contribution in [3.63, 3.8) is 0 Å². The van der Waals surface area contributed by atoms with Gasteiger partial charge in [-0.2, -0.15) is 0 Å². The van der Waals surface area contributed by atoms with Crippen molar-refractivity contribution in [3.8, 4) is 0 Å². The number of likely N-dealkylation sites (tertiary alicyclic amines) is 1. The number of carbonyl (C=O) groups is 3. The fraction of sp³-hybridized carbons (Fsp3) is 0.654. The Morgan fingerprint density at radius 2 is 1.94 bits per heavy atom. The van der Waals surface area contributed by atoms with E-state index in [-0.39, 0.29) is 25.0 Å². The van der Waals surface area contributed by atoms with E-state index >= 15 is 0 Å². The lowest BCUT2D eigenvalue weighted by atomic mass is 9.85. The maximum Gasteiger partial charge on any atom is 0.253 e. The van der Waals surface area contributed by atoms with E-state index in [1.165, 1.54) is 12.0 Å². The number of nitrogens with zero attached hydrogens (tertiary/aromatic N) is 1. The van der Waals surface area contributed by atoms with Gasteiger partial charge in [0.25, 0.3) is 5.91 Å². The van der Waals surface area contributed by atoms with E-state index in [2.05, 4.69) is 10.6 Å². The van der Waals surface area contributed by atoms with Gasteiger partial charge in [-0.15, -0.1) is 0 Å². The number of aliphatic hydroxyl groups excluding tert-OH is 1. The first-order valence-electron chi connectivity index (χ1n) is 12.3. The number of rotatable bonds is 11. The SMILES string of the molecule is CCOCC(OC)[C@H](CO)NC(=O)[C@@H]1CCCN1C(=O)[C@@H](NC(=O)c1cccc(C)c1Cl)C(C)(C)C. The molecule has 202 valence electrons. The molecule has 36 heavy (non-hydrogen) atoms. The van der Waals surface area contributed by atoms with Crippen molar-refractivity contribution in [3.05, 3.63) is 34.3 Å². The summed E-state index contributed by atoms with van der Waals surface area (Å²) in [6, 6.07) is 2.87. The third kappa shape index (κ3) is 7.41. The summed E-state index contributed by atoms with van der Waals surface area (Å²) < 4.78 is 10.8. The van der Waals surface area contributed by atoms with E-state index in [0.717, 1.165) is 5.56 Å². The Balaban J connectivity index is 2.20. The number of halogens is 1. The molecule has 9 nitrogen and oxygen atoms in total. The van der Waals surface area contributed by atoms with E-state index in [9.17, 15) is 19.5 Å². The third-order valence-electron chi connectivity index (χ3n) is 6.43. The minimum Gasteiger partial charge on any atom is -0.394 e. The first-order chi connectivity index (χ1) is 17.0. The van der Waals surface area contributed by atoms with Crippen molar-refractivity contribution in [1.82, 2.24) is 15.5 Å². The summed E-state index contributed by atoms with van der Waals surface area (Å²) in [5.74, 6) is -1.16. The minimum absolute atomic E-state index is 0.214. The standard InChI is InChI=1S/C26H40ClN3O6/c1-7-36-15-20(35-6)18(14-31)28-24(33)19-12-9-13-30(19)25(34)22(26(3,4)5)29-23(32)17-11-8-10-16(2)21(17)27/h8,10-11,18-20,22,31H,7,9,12-15H2,1-6H3,(H,28,33)(H,29,32)/t18-,19-,20?,22+/m0/s1. The molecule has 0 radical (unpaired) electrons. The Labute approximate surface area is 218 Å². The smallest absolute Gasteiger partial charge is 0.253 e. The van der Waals surface area contributed by atoms with Crippen molar-refractivity contribution in [2.24, 2.45) is 5.41 Å². The molecule has 3 amide bonds. The number of hydrogen-bond donors (Lipinski definition) is 3. The van der Waals surface area contributed by atoms with Crippen LogP contribution in [0.5, 0.6) is 0 Å². The highest BCUT2D eigenvalue weighted by molar-refractivity contribution is 6.34. The summed E-state index contributed by atoms with van der Waals surface area (Å²) >= 11 is 6.34. The van der Waals surface area contributed by atoms with Gasteiger partial charge in [0.2, 0.25) is 11.8 Å². The van der Waals surface area contributed by atoms with Gasteiger partial charge in [-0.1, -0.05) is 44.5 Å². The molecule has 1 aliphatic rings. The van der Waals surface area contributed by atoms with Crippen LogP contribution in [-0.2, 0) is 19.1 Å². The van der Waals surface area contributed by atoms with Gasteiger partial charge < -0.3 is 30.1 Å². The fourth-order valence-corrected chi connectivity index (χ4v) is 4.48. The van der Waals surface area contributed by atoms with Crippen LogP contribution in [0.15, 0.2) is 18.2 Å². The maximum atomic E-state index is 13.7. The maximum absolute atomic E-state index is 13.7. The van der Waals surface area contributed by atoms with E-state index < -0.39 is 35.6 Å². The monoisotopic (exact) mass is 525 g/mol. The highest BCUT2D eigenvalue weighted by Crippen LogP contribution is 2.27. The molecule has 0 aromatic heterocycles. The molecule has 1 fully saturated rings. The molecule has 1 aromatic carbocycles. The molecule has 4 atom stereocenters. The summed E-state index contributed by atoms with van der Waals surface area (Å²) in [7, 11) is 1.49. The van der Waals surface area contributed by atoms with Crippen LogP contribution >= 0.6 is 11.6 Å². The summed E-state index contributed by atoms with van der Waals surface area (Å²) in [4.78, 5) is 41.5. The number of aryl methyl sites for hydroxylation is 1. The molecule has 2 rings (SSSR count). The normalized spacial score (nSPS) is 18.4. The minimum atomic E-state index is -0.881. The van der Waals surface area contributed by atoms with Crippen LogP contribution in [0, 0.1) is 12.3 Å². The quantitative estimate of drug-likeness (QED) is 0.408. The molecule has 0 bridgehead atoms. The average Bonchev–Trinajstić information content (AvgIpc) is 3.32. The van der Waals surface area contributed by atoms with Crippen LogP contribution in [0.2, 0.25) is 5.02 Å². The van der Waals surface area contributed by atoms with Gasteiger partial charge in [0.1, 0.15) is 18.2 Å². The molecular weight excluding hydrogens is 486 g/mol. The largest absolute Gasteiger partial charge is 0.394 e. The molecule has 0 aliphatic carbocycles. The highest BCUT2D eigenvalue weighted by Gasteiger charge is 2.42. The number of nitrogens with one attached hydrogen (secondary N) is 2. The fourth-order valence-electron chi connectivity index (χ4n) is 4.27. The number of carbonyl (C=O) groups excluding carboxylic acids is 3. The molecule has 0 saturated carbocycles. The molecular formula is C26H40ClN3O6. The number of benzene rings is 1. The zero-order valence-corrected chi connectivity index (χ0v) is 22.9. The zero-order chi connectivity index (χ0) is 27.0. The second-order valence-corrected chi connectivity index (χ2v) is 10.5. The zero-order valence-electron chi connectivity index (χ0n) is 22.1. The van der Waals surface area contributed by atoms with Crippen molar-refractivity contribution < 1.29 is 29.0 Å².